The highest BCUT2D eigenvalue weighted by atomic mass is 15.2. The minimum Gasteiger partial charge on any atom is -0.344 e. The number of nitrogens with zero attached hydrogens (tertiary/aromatic N) is 4. The molecule has 1 aliphatic rings. The summed E-state index contributed by atoms with van der Waals surface area (Å²) >= 11 is 0. The van der Waals surface area contributed by atoms with Gasteiger partial charge >= 0.3 is 0 Å². The van der Waals surface area contributed by atoms with Crippen LogP contribution in [0.4, 0.5) is 0 Å². The van der Waals surface area contributed by atoms with Gasteiger partial charge in [0.2, 0.25) is 0 Å². The fourth-order valence-electron chi connectivity index (χ4n) is 9.32. The molecule has 1 N–H and O–H groups in total. The Morgan fingerprint density at radius 1 is 0.355 bits per heavy atom. The number of aliphatic imine (C=N–C) groups is 2. The molecular weight excluding hydrogens is 755 g/mol. The Kier molecular flexibility index (Phi) is 8.49. The maximum Gasteiger partial charge on any atom is 0.159 e. The lowest BCUT2D eigenvalue weighted by atomic mass is 9.94. The van der Waals surface area contributed by atoms with Gasteiger partial charge in [0.15, 0.2) is 5.84 Å². The van der Waals surface area contributed by atoms with Crippen molar-refractivity contribution in [1.82, 2.24) is 14.5 Å². The summed E-state index contributed by atoms with van der Waals surface area (Å²) < 4.78 is 4.71. The maximum atomic E-state index is 5.49. The van der Waals surface area contributed by atoms with Crippen LogP contribution in [0.1, 0.15) is 22.9 Å². The number of hydrogen-bond donors (Lipinski definition) is 1. The summed E-state index contributed by atoms with van der Waals surface area (Å²) in [5, 5.41) is 8.65. The highest BCUT2D eigenvalue weighted by Gasteiger charge is 2.25. The zero-order valence-electron chi connectivity index (χ0n) is 33.7. The van der Waals surface area contributed by atoms with Gasteiger partial charge in [-0.05, 0) is 76.9 Å². The van der Waals surface area contributed by atoms with Crippen LogP contribution >= 0.6 is 0 Å². The summed E-state index contributed by atoms with van der Waals surface area (Å²) in [5.41, 5.74) is 14.4. The Morgan fingerprint density at radius 3 is 1.52 bits per heavy atom. The topological polar surface area (TPSA) is 46.6 Å². The summed E-state index contributed by atoms with van der Waals surface area (Å²) in [5.74, 6) is 1.44. The summed E-state index contributed by atoms with van der Waals surface area (Å²) in [6, 6.07) is 79.8. The summed E-state index contributed by atoms with van der Waals surface area (Å²) in [4.78, 5) is 10.9. The Balaban J connectivity index is 1.06. The standard InChI is InChI=1S/C57H39N5/c1-4-17-38(18-5-1)39-19-16-20-40(35-39)45-25-10-11-28-50(45)57-59-55(41-31-33-48-46-26-12-14-29-51(46)61(53(48)36-41)43-21-6-2-7-22-43)58-56(60-57)42-32-34-49-47-27-13-15-30-52(47)62(54(49)37-42)44-23-8-3-9-24-44/h1-37,57H,(H,58,59,60). The van der Waals surface area contributed by atoms with Crippen LogP contribution in [0.5, 0.6) is 0 Å². The molecule has 0 saturated carbocycles. The fraction of sp³-hybridized carbons (Fsp3) is 0.0175. The number of aromatic nitrogens is 2. The van der Waals surface area contributed by atoms with Gasteiger partial charge in [-0.15, -0.1) is 0 Å². The van der Waals surface area contributed by atoms with Gasteiger partial charge in [0.05, 0.1) is 22.1 Å². The smallest absolute Gasteiger partial charge is 0.159 e. The molecule has 292 valence electrons. The molecule has 0 saturated heterocycles. The Hall–Kier alpha value is -8.28. The van der Waals surface area contributed by atoms with E-state index in [1.165, 1.54) is 38.2 Å². The van der Waals surface area contributed by atoms with Crippen LogP contribution in [-0.2, 0) is 0 Å². The highest BCUT2D eigenvalue weighted by Crippen LogP contribution is 2.37. The van der Waals surface area contributed by atoms with E-state index in [2.05, 4.69) is 239 Å². The first-order valence-corrected chi connectivity index (χ1v) is 21.1. The van der Waals surface area contributed by atoms with E-state index in [0.717, 1.165) is 61.6 Å². The number of rotatable bonds is 7. The molecular formula is C57H39N5. The molecule has 0 bridgehead atoms. The molecule has 0 radical (unpaired) electrons. The molecule has 0 amide bonds. The molecule has 3 heterocycles. The Bertz CT molecular complexity index is 3540. The number of nitrogens with one attached hydrogen (secondary N) is 1. The van der Waals surface area contributed by atoms with Crippen LogP contribution in [0.15, 0.2) is 234 Å². The number of benzene rings is 9. The second kappa shape index (κ2) is 14.8. The highest BCUT2D eigenvalue weighted by molar-refractivity contribution is 6.18. The van der Waals surface area contributed by atoms with Crippen molar-refractivity contribution >= 4 is 55.3 Å². The number of fused-ring (bicyclic) bond motifs is 6. The van der Waals surface area contributed by atoms with Gasteiger partial charge in [0, 0.05) is 49.6 Å². The molecule has 5 nitrogen and oxygen atoms in total. The fourth-order valence-corrected chi connectivity index (χ4v) is 9.32. The van der Waals surface area contributed by atoms with Crippen LogP contribution < -0.4 is 5.32 Å². The van der Waals surface area contributed by atoms with Gasteiger partial charge < -0.3 is 14.5 Å². The molecule has 0 fully saturated rings. The quantitative estimate of drug-likeness (QED) is 0.172. The van der Waals surface area contributed by atoms with E-state index in [1.807, 2.05) is 0 Å². The molecule has 9 aromatic carbocycles. The summed E-state index contributed by atoms with van der Waals surface area (Å²) in [7, 11) is 0. The third-order valence-electron chi connectivity index (χ3n) is 12.2. The lowest BCUT2D eigenvalue weighted by molar-refractivity contribution is 0.676. The first-order chi connectivity index (χ1) is 30.7. The van der Waals surface area contributed by atoms with Crippen LogP contribution in [0, 0.1) is 0 Å². The molecule has 1 atom stereocenters. The lowest BCUT2D eigenvalue weighted by Crippen LogP contribution is -2.33. The predicted octanol–water partition coefficient (Wildman–Crippen LogP) is 13.7. The molecule has 0 spiro atoms. The monoisotopic (exact) mass is 793 g/mol. The van der Waals surface area contributed by atoms with Gasteiger partial charge in [-0.3, -0.25) is 0 Å². The first kappa shape index (κ1) is 35.6. The van der Waals surface area contributed by atoms with Gasteiger partial charge in [-0.1, -0.05) is 170 Å². The van der Waals surface area contributed by atoms with Crippen molar-refractivity contribution in [2.45, 2.75) is 6.17 Å². The Labute approximate surface area is 359 Å². The molecule has 1 unspecified atom stereocenters. The molecule has 11 aromatic rings. The van der Waals surface area contributed by atoms with Crippen molar-refractivity contribution < 1.29 is 0 Å². The van der Waals surface area contributed by atoms with Gasteiger partial charge in [0.1, 0.15) is 12.0 Å². The van der Waals surface area contributed by atoms with E-state index in [1.54, 1.807) is 0 Å². The number of para-hydroxylation sites is 4. The normalized spacial score (nSPS) is 14.0. The largest absolute Gasteiger partial charge is 0.344 e. The Morgan fingerprint density at radius 2 is 0.855 bits per heavy atom. The van der Waals surface area contributed by atoms with Crippen molar-refractivity contribution in [2.24, 2.45) is 9.98 Å². The van der Waals surface area contributed by atoms with Gasteiger partial charge in [-0.2, -0.15) is 0 Å². The lowest BCUT2D eigenvalue weighted by Gasteiger charge is -2.26. The minimum absolute atomic E-state index is 0.430. The molecule has 12 rings (SSSR count). The van der Waals surface area contributed by atoms with E-state index in [0.29, 0.717) is 5.84 Å². The van der Waals surface area contributed by atoms with Gasteiger partial charge in [-0.25, -0.2) is 9.98 Å². The average molecular weight is 794 g/mol. The van der Waals surface area contributed by atoms with Crippen molar-refractivity contribution in [1.29, 1.82) is 0 Å². The van der Waals surface area contributed by atoms with E-state index >= 15 is 0 Å². The van der Waals surface area contributed by atoms with Crippen LogP contribution in [0.3, 0.4) is 0 Å². The van der Waals surface area contributed by atoms with Crippen molar-refractivity contribution in [3.05, 3.63) is 241 Å². The third kappa shape index (κ3) is 6.02. The van der Waals surface area contributed by atoms with Crippen LogP contribution in [-0.4, -0.2) is 20.8 Å². The molecule has 1 aliphatic heterocycles. The zero-order valence-corrected chi connectivity index (χ0v) is 33.7. The second-order valence-electron chi connectivity index (χ2n) is 15.8. The van der Waals surface area contributed by atoms with Crippen molar-refractivity contribution in [3.63, 3.8) is 0 Å². The zero-order chi connectivity index (χ0) is 41.0. The van der Waals surface area contributed by atoms with E-state index in [9.17, 15) is 0 Å². The van der Waals surface area contributed by atoms with Crippen molar-refractivity contribution in [2.75, 3.05) is 0 Å². The van der Waals surface area contributed by atoms with Crippen LogP contribution in [0.25, 0.3) is 77.2 Å². The summed E-state index contributed by atoms with van der Waals surface area (Å²) in [6.45, 7) is 0. The third-order valence-corrected chi connectivity index (χ3v) is 12.2. The van der Waals surface area contributed by atoms with Crippen molar-refractivity contribution in [3.8, 4) is 33.6 Å². The SMILES string of the molecule is c1ccc(-c2cccc(-c3ccccc3C3N=C(c4ccc5c6ccccc6n(-c6ccccc6)c5c4)N=C(c4ccc5c6ccccc6n(-c6ccccc6)c5c4)N3)c2)cc1. The molecule has 0 aliphatic carbocycles. The maximum absolute atomic E-state index is 5.49. The number of amidine groups is 2. The van der Waals surface area contributed by atoms with Crippen LogP contribution in [0.2, 0.25) is 0 Å². The predicted molar refractivity (Wildman–Crippen MR) is 258 cm³/mol. The summed E-state index contributed by atoms with van der Waals surface area (Å²) in [6.07, 6.45) is -0.430. The first-order valence-electron chi connectivity index (χ1n) is 21.1. The molecule has 2 aromatic heterocycles. The molecule has 5 heteroatoms. The van der Waals surface area contributed by atoms with E-state index < -0.39 is 6.17 Å². The van der Waals surface area contributed by atoms with E-state index in [4.69, 9.17) is 9.98 Å². The molecule has 62 heavy (non-hydrogen) atoms. The van der Waals surface area contributed by atoms with Gasteiger partial charge in [0.25, 0.3) is 0 Å². The minimum atomic E-state index is -0.430. The average Bonchev–Trinajstić information content (AvgIpc) is 3.87. The second-order valence-corrected chi connectivity index (χ2v) is 15.8. The van der Waals surface area contributed by atoms with E-state index in [-0.39, 0.29) is 0 Å². The number of hydrogen-bond acceptors (Lipinski definition) is 3.